The SMILES string of the molecule is OC1CCC(Nc2ccc(-c3cc[nH]c3)nn2)CC1. The fourth-order valence-corrected chi connectivity index (χ4v) is 2.48. The van der Waals surface area contributed by atoms with Crippen molar-refractivity contribution in [2.45, 2.75) is 37.8 Å². The number of aromatic nitrogens is 3. The molecule has 2 aromatic heterocycles. The predicted octanol–water partition coefficient (Wildman–Crippen LogP) is 2.19. The van der Waals surface area contributed by atoms with E-state index >= 15 is 0 Å². The molecule has 1 aliphatic rings. The van der Waals surface area contributed by atoms with Gasteiger partial charge in [0.25, 0.3) is 0 Å². The molecule has 5 heteroatoms. The quantitative estimate of drug-likeness (QED) is 0.789. The fourth-order valence-electron chi connectivity index (χ4n) is 2.48. The van der Waals surface area contributed by atoms with Crippen LogP contribution >= 0.6 is 0 Å². The van der Waals surface area contributed by atoms with Gasteiger partial charge >= 0.3 is 0 Å². The van der Waals surface area contributed by atoms with E-state index in [1.165, 1.54) is 0 Å². The highest BCUT2D eigenvalue weighted by Crippen LogP contribution is 2.22. The summed E-state index contributed by atoms with van der Waals surface area (Å²) in [6.07, 6.45) is 7.36. The molecular weight excluding hydrogens is 240 g/mol. The van der Waals surface area contributed by atoms with Crippen LogP contribution in [0.2, 0.25) is 0 Å². The Balaban J connectivity index is 1.63. The molecule has 0 unspecified atom stereocenters. The molecule has 3 N–H and O–H groups in total. The number of nitrogens with one attached hydrogen (secondary N) is 2. The maximum Gasteiger partial charge on any atom is 0.148 e. The molecule has 19 heavy (non-hydrogen) atoms. The van der Waals surface area contributed by atoms with Gasteiger partial charge in [-0.1, -0.05) is 0 Å². The predicted molar refractivity (Wildman–Crippen MR) is 73.7 cm³/mol. The molecule has 0 aliphatic heterocycles. The topological polar surface area (TPSA) is 73.8 Å². The number of hydrogen-bond acceptors (Lipinski definition) is 4. The summed E-state index contributed by atoms with van der Waals surface area (Å²) in [5, 5.41) is 21.3. The zero-order valence-electron chi connectivity index (χ0n) is 10.7. The Morgan fingerprint density at radius 2 is 1.95 bits per heavy atom. The average molecular weight is 258 g/mol. The van der Waals surface area contributed by atoms with Crippen LogP contribution in [-0.2, 0) is 0 Å². The van der Waals surface area contributed by atoms with Crippen LogP contribution in [0.15, 0.2) is 30.6 Å². The molecule has 3 rings (SSSR count). The molecule has 1 fully saturated rings. The summed E-state index contributed by atoms with van der Waals surface area (Å²) in [4.78, 5) is 3.01. The molecule has 0 bridgehead atoms. The monoisotopic (exact) mass is 258 g/mol. The van der Waals surface area contributed by atoms with Crippen LogP contribution in [0.25, 0.3) is 11.3 Å². The molecule has 0 amide bonds. The summed E-state index contributed by atoms with van der Waals surface area (Å²) in [6.45, 7) is 0. The van der Waals surface area contributed by atoms with Crippen molar-refractivity contribution in [3.05, 3.63) is 30.6 Å². The number of aliphatic hydroxyl groups excluding tert-OH is 1. The lowest BCUT2D eigenvalue weighted by atomic mass is 9.93. The molecule has 0 saturated heterocycles. The van der Waals surface area contributed by atoms with Crippen LogP contribution in [0.5, 0.6) is 0 Å². The lowest BCUT2D eigenvalue weighted by Gasteiger charge is -2.26. The summed E-state index contributed by atoms with van der Waals surface area (Å²) < 4.78 is 0. The third kappa shape index (κ3) is 2.93. The third-order valence-electron chi connectivity index (χ3n) is 3.61. The number of nitrogens with zero attached hydrogens (tertiary/aromatic N) is 2. The van der Waals surface area contributed by atoms with Gasteiger partial charge in [0.2, 0.25) is 0 Å². The zero-order chi connectivity index (χ0) is 13.1. The van der Waals surface area contributed by atoms with Crippen molar-refractivity contribution in [3.8, 4) is 11.3 Å². The lowest BCUT2D eigenvalue weighted by Crippen LogP contribution is -2.28. The number of hydrogen-bond donors (Lipinski definition) is 3. The van der Waals surface area contributed by atoms with Gasteiger partial charge in [0.05, 0.1) is 11.8 Å². The van der Waals surface area contributed by atoms with E-state index < -0.39 is 0 Å². The van der Waals surface area contributed by atoms with E-state index in [2.05, 4.69) is 20.5 Å². The second kappa shape index (κ2) is 5.40. The minimum Gasteiger partial charge on any atom is -0.393 e. The van der Waals surface area contributed by atoms with Crippen molar-refractivity contribution in [2.75, 3.05) is 5.32 Å². The Bertz CT molecular complexity index is 501. The summed E-state index contributed by atoms with van der Waals surface area (Å²) >= 11 is 0. The van der Waals surface area contributed by atoms with Gasteiger partial charge in [-0.25, -0.2) is 0 Å². The molecule has 2 aromatic rings. The molecule has 0 radical (unpaired) electrons. The fraction of sp³-hybridized carbons (Fsp3) is 0.429. The normalized spacial score (nSPS) is 23.2. The molecule has 0 spiro atoms. The zero-order valence-corrected chi connectivity index (χ0v) is 10.7. The second-order valence-electron chi connectivity index (χ2n) is 5.05. The molecule has 5 nitrogen and oxygen atoms in total. The van der Waals surface area contributed by atoms with Crippen LogP contribution in [-0.4, -0.2) is 32.4 Å². The van der Waals surface area contributed by atoms with E-state index in [0.29, 0.717) is 6.04 Å². The molecule has 0 aromatic carbocycles. The minimum absolute atomic E-state index is 0.125. The first-order valence-corrected chi connectivity index (χ1v) is 6.73. The van der Waals surface area contributed by atoms with Crippen molar-refractivity contribution in [3.63, 3.8) is 0 Å². The molecule has 1 saturated carbocycles. The van der Waals surface area contributed by atoms with E-state index in [-0.39, 0.29) is 6.10 Å². The van der Waals surface area contributed by atoms with Crippen LogP contribution in [0.3, 0.4) is 0 Å². The van der Waals surface area contributed by atoms with Gasteiger partial charge in [0, 0.05) is 24.0 Å². The Kier molecular flexibility index (Phi) is 3.46. The van der Waals surface area contributed by atoms with E-state index in [9.17, 15) is 5.11 Å². The van der Waals surface area contributed by atoms with Crippen molar-refractivity contribution in [1.82, 2.24) is 15.2 Å². The van der Waals surface area contributed by atoms with E-state index in [0.717, 1.165) is 42.8 Å². The summed E-state index contributed by atoms with van der Waals surface area (Å²) in [6, 6.07) is 6.30. The van der Waals surface area contributed by atoms with Crippen LogP contribution in [0.1, 0.15) is 25.7 Å². The first-order valence-electron chi connectivity index (χ1n) is 6.73. The number of rotatable bonds is 3. The van der Waals surface area contributed by atoms with Gasteiger partial charge in [-0.3, -0.25) is 0 Å². The average Bonchev–Trinajstić information content (AvgIpc) is 2.96. The second-order valence-corrected chi connectivity index (χ2v) is 5.05. The Labute approximate surface area is 112 Å². The van der Waals surface area contributed by atoms with Crippen LogP contribution in [0.4, 0.5) is 5.82 Å². The van der Waals surface area contributed by atoms with Crippen LogP contribution < -0.4 is 5.32 Å². The van der Waals surface area contributed by atoms with Crippen molar-refractivity contribution in [1.29, 1.82) is 0 Å². The van der Waals surface area contributed by atoms with Crippen molar-refractivity contribution in [2.24, 2.45) is 0 Å². The Morgan fingerprint density at radius 1 is 1.11 bits per heavy atom. The van der Waals surface area contributed by atoms with Gasteiger partial charge in [0.15, 0.2) is 0 Å². The maximum absolute atomic E-state index is 9.48. The van der Waals surface area contributed by atoms with Gasteiger partial charge in [-0.05, 0) is 43.9 Å². The molecule has 0 atom stereocenters. The number of aliphatic hydroxyl groups is 1. The highest BCUT2D eigenvalue weighted by molar-refractivity contribution is 5.58. The third-order valence-corrected chi connectivity index (χ3v) is 3.61. The smallest absolute Gasteiger partial charge is 0.148 e. The van der Waals surface area contributed by atoms with Gasteiger partial charge < -0.3 is 15.4 Å². The standard InChI is InChI=1S/C14H18N4O/c19-12-3-1-11(2-4-12)16-14-6-5-13(17-18-14)10-7-8-15-9-10/h5-9,11-12,15,19H,1-4H2,(H,16,18). The maximum atomic E-state index is 9.48. The minimum atomic E-state index is -0.125. The van der Waals surface area contributed by atoms with Gasteiger partial charge in [-0.15, -0.1) is 10.2 Å². The Morgan fingerprint density at radius 3 is 2.58 bits per heavy atom. The molecule has 100 valence electrons. The number of H-pyrrole nitrogens is 1. The van der Waals surface area contributed by atoms with Gasteiger partial charge in [0.1, 0.15) is 5.82 Å². The van der Waals surface area contributed by atoms with Crippen LogP contribution in [0, 0.1) is 0 Å². The first-order chi connectivity index (χ1) is 9.31. The van der Waals surface area contributed by atoms with E-state index in [1.807, 2.05) is 30.6 Å². The number of anilines is 1. The van der Waals surface area contributed by atoms with Crippen molar-refractivity contribution < 1.29 is 5.11 Å². The highest BCUT2D eigenvalue weighted by Gasteiger charge is 2.19. The summed E-state index contributed by atoms with van der Waals surface area (Å²) in [7, 11) is 0. The highest BCUT2D eigenvalue weighted by atomic mass is 16.3. The largest absolute Gasteiger partial charge is 0.393 e. The summed E-state index contributed by atoms with van der Waals surface area (Å²) in [5.41, 5.74) is 1.91. The van der Waals surface area contributed by atoms with Crippen molar-refractivity contribution >= 4 is 5.82 Å². The first kappa shape index (κ1) is 12.2. The molecular formula is C14H18N4O. The number of aromatic amines is 1. The van der Waals surface area contributed by atoms with Gasteiger partial charge in [-0.2, -0.15) is 0 Å². The Hall–Kier alpha value is -1.88. The van der Waals surface area contributed by atoms with E-state index in [1.54, 1.807) is 0 Å². The summed E-state index contributed by atoms with van der Waals surface area (Å²) in [5.74, 6) is 0.806. The van der Waals surface area contributed by atoms with E-state index in [4.69, 9.17) is 0 Å². The lowest BCUT2D eigenvalue weighted by molar-refractivity contribution is 0.126. The molecule has 2 heterocycles. The molecule has 1 aliphatic carbocycles.